The van der Waals surface area contributed by atoms with Crippen molar-refractivity contribution in [3.63, 3.8) is 0 Å². The maximum atomic E-state index is 12.4. The summed E-state index contributed by atoms with van der Waals surface area (Å²) in [5, 5.41) is 1.15. The van der Waals surface area contributed by atoms with Crippen LogP contribution in [0.25, 0.3) is 0 Å². The highest BCUT2D eigenvalue weighted by molar-refractivity contribution is 7.09. The molecule has 1 fully saturated rings. The van der Waals surface area contributed by atoms with E-state index >= 15 is 0 Å². The van der Waals surface area contributed by atoms with E-state index in [0.717, 1.165) is 16.7 Å². The summed E-state index contributed by atoms with van der Waals surface area (Å²) in [5.74, 6) is -0.790. The van der Waals surface area contributed by atoms with Gasteiger partial charge in [-0.25, -0.2) is 4.98 Å². The minimum absolute atomic E-state index is 0.00792. The number of carbonyl (C=O) groups excluding carboxylic acids is 2. The van der Waals surface area contributed by atoms with E-state index < -0.39 is 17.8 Å². The van der Waals surface area contributed by atoms with Crippen LogP contribution in [0.15, 0.2) is 5.38 Å². The smallest absolute Gasteiger partial charge is 0.345 e. The number of rotatable bonds is 3. The normalized spacial score (nSPS) is 19.2. The summed E-state index contributed by atoms with van der Waals surface area (Å²) >= 11 is 0.863. The Morgan fingerprint density at radius 1 is 1.57 bits per heavy atom. The largest absolute Gasteiger partial charge is 0.434 e. The van der Waals surface area contributed by atoms with Crippen molar-refractivity contribution in [2.24, 2.45) is 5.92 Å². The van der Waals surface area contributed by atoms with Gasteiger partial charge in [0.15, 0.2) is 5.69 Å². The van der Waals surface area contributed by atoms with Gasteiger partial charge in [-0.3, -0.25) is 9.59 Å². The number of halogens is 3. The molecule has 0 radical (unpaired) electrons. The first-order valence-electron chi connectivity index (χ1n) is 6.19. The standard InChI is InChI=1S/C12H14F3N3O2S/c1-17-4-7(3-10(17)19)11(20)18(2)5-9-16-8(6-21-9)12(13,14)15/h6-7H,3-5H2,1-2H3. The van der Waals surface area contributed by atoms with Gasteiger partial charge in [0.25, 0.3) is 0 Å². The lowest BCUT2D eigenvalue weighted by Crippen LogP contribution is -2.33. The summed E-state index contributed by atoms with van der Waals surface area (Å²) in [5.41, 5.74) is -0.945. The minimum Gasteiger partial charge on any atom is -0.345 e. The van der Waals surface area contributed by atoms with Crippen molar-refractivity contribution in [3.05, 3.63) is 16.1 Å². The van der Waals surface area contributed by atoms with Crippen LogP contribution in [-0.4, -0.2) is 47.2 Å². The predicted octanol–water partition coefficient (Wildman–Crippen LogP) is 1.60. The highest BCUT2D eigenvalue weighted by atomic mass is 32.1. The molecule has 5 nitrogen and oxygen atoms in total. The molecule has 2 rings (SSSR count). The van der Waals surface area contributed by atoms with Crippen LogP contribution < -0.4 is 0 Å². The number of alkyl halides is 3. The van der Waals surface area contributed by atoms with Gasteiger partial charge in [0.05, 0.1) is 12.5 Å². The molecule has 0 spiro atoms. The second-order valence-electron chi connectivity index (χ2n) is 4.99. The van der Waals surface area contributed by atoms with Crippen LogP contribution in [0.4, 0.5) is 13.2 Å². The van der Waals surface area contributed by atoms with E-state index in [-0.39, 0.29) is 29.8 Å². The molecule has 0 saturated carbocycles. The van der Waals surface area contributed by atoms with E-state index in [4.69, 9.17) is 0 Å². The number of aromatic nitrogens is 1. The second kappa shape index (κ2) is 5.63. The van der Waals surface area contributed by atoms with Gasteiger partial charge in [-0.1, -0.05) is 0 Å². The average Bonchev–Trinajstić information content (AvgIpc) is 2.96. The number of hydrogen-bond acceptors (Lipinski definition) is 4. The lowest BCUT2D eigenvalue weighted by molar-refractivity contribution is -0.140. The Morgan fingerprint density at radius 2 is 2.24 bits per heavy atom. The van der Waals surface area contributed by atoms with Gasteiger partial charge in [0.1, 0.15) is 5.01 Å². The number of amides is 2. The van der Waals surface area contributed by atoms with Gasteiger partial charge in [-0.05, 0) is 0 Å². The number of thiazole rings is 1. The fourth-order valence-electron chi connectivity index (χ4n) is 2.14. The van der Waals surface area contributed by atoms with Crippen LogP contribution in [0, 0.1) is 5.92 Å². The quantitative estimate of drug-likeness (QED) is 0.850. The van der Waals surface area contributed by atoms with Gasteiger partial charge in [0, 0.05) is 32.4 Å². The first kappa shape index (κ1) is 15.7. The Balaban J connectivity index is 1.98. The number of hydrogen-bond donors (Lipinski definition) is 0. The fourth-order valence-corrected chi connectivity index (χ4v) is 2.99. The third-order valence-electron chi connectivity index (χ3n) is 3.28. The van der Waals surface area contributed by atoms with E-state index in [1.165, 1.54) is 16.8 Å². The maximum Gasteiger partial charge on any atom is 0.434 e. The summed E-state index contributed by atoms with van der Waals surface area (Å²) in [6.45, 7) is 0.349. The Morgan fingerprint density at radius 3 is 2.71 bits per heavy atom. The van der Waals surface area contributed by atoms with Crippen molar-refractivity contribution in [3.8, 4) is 0 Å². The van der Waals surface area contributed by atoms with E-state index in [1.54, 1.807) is 7.05 Å². The Kier molecular flexibility index (Phi) is 4.22. The van der Waals surface area contributed by atoms with Crippen molar-refractivity contribution < 1.29 is 22.8 Å². The van der Waals surface area contributed by atoms with Gasteiger partial charge in [-0.2, -0.15) is 13.2 Å². The molecule has 1 saturated heterocycles. The molecule has 21 heavy (non-hydrogen) atoms. The van der Waals surface area contributed by atoms with Crippen molar-refractivity contribution in [2.45, 2.75) is 19.1 Å². The topological polar surface area (TPSA) is 53.5 Å². The molecule has 0 bridgehead atoms. The highest BCUT2D eigenvalue weighted by Gasteiger charge is 2.35. The van der Waals surface area contributed by atoms with Crippen molar-refractivity contribution in [1.82, 2.24) is 14.8 Å². The average molecular weight is 321 g/mol. The van der Waals surface area contributed by atoms with Crippen LogP contribution in [0.2, 0.25) is 0 Å². The van der Waals surface area contributed by atoms with Gasteiger partial charge < -0.3 is 9.80 Å². The molecular weight excluding hydrogens is 307 g/mol. The van der Waals surface area contributed by atoms with Crippen molar-refractivity contribution >= 4 is 23.2 Å². The first-order valence-corrected chi connectivity index (χ1v) is 7.07. The monoisotopic (exact) mass is 321 g/mol. The van der Waals surface area contributed by atoms with Crippen LogP contribution in [0.1, 0.15) is 17.1 Å². The summed E-state index contributed by atoms with van der Waals surface area (Å²) in [7, 11) is 3.12. The van der Waals surface area contributed by atoms with Gasteiger partial charge >= 0.3 is 6.18 Å². The summed E-state index contributed by atoms with van der Waals surface area (Å²) in [4.78, 5) is 29.8. The number of likely N-dealkylation sites (tertiary alicyclic amines) is 1. The van der Waals surface area contributed by atoms with Crippen molar-refractivity contribution in [2.75, 3.05) is 20.6 Å². The molecule has 0 aromatic carbocycles. The van der Waals surface area contributed by atoms with Crippen molar-refractivity contribution in [1.29, 1.82) is 0 Å². The summed E-state index contributed by atoms with van der Waals surface area (Å²) in [6, 6.07) is 0. The molecular formula is C12H14F3N3O2S. The van der Waals surface area contributed by atoms with Crippen LogP contribution in [0.3, 0.4) is 0 Å². The molecule has 1 unspecified atom stereocenters. The van der Waals surface area contributed by atoms with Gasteiger partial charge in [-0.15, -0.1) is 11.3 Å². The van der Waals surface area contributed by atoms with E-state index in [0.29, 0.717) is 6.54 Å². The third-order valence-corrected chi connectivity index (χ3v) is 4.11. The molecule has 9 heteroatoms. The fraction of sp³-hybridized carbons (Fsp3) is 0.583. The molecule has 0 aliphatic carbocycles. The lowest BCUT2D eigenvalue weighted by atomic mass is 10.1. The number of nitrogens with zero attached hydrogens (tertiary/aromatic N) is 3. The molecule has 1 aromatic rings. The van der Waals surface area contributed by atoms with E-state index in [2.05, 4.69) is 4.98 Å². The molecule has 2 heterocycles. The Labute approximate surface area is 123 Å². The highest BCUT2D eigenvalue weighted by Crippen LogP contribution is 2.30. The first-order chi connectivity index (χ1) is 9.68. The molecule has 1 aliphatic heterocycles. The molecule has 2 amide bonds. The van der Waals surface area contributed by atoms with Gasteiger partial charge in [0.2, 0.25) is 11.8 Å². The Bertz CT molecular complexity index is 558. The van der Waals surface area contributed by atoms with E-state index in [1.807, 2.05) is 0 Å². The van der Waals surface area contributed by atoms with Crippen LogP contribution in [-0.2, 0) is 22.3 Å². The molecule has 1 atom stereocenters. The van der Waals surface area contributed by atoms with Crippen LogP contribution in [0.5, 0.6) is 0 Å². The maximum absolute atomic E-state index is 12.4. The third kappa shape index (κ3) is 3.52. The molecule has 116 valence electrons. The SMILES string of the molecule is CN1CC(C(=O)N(C)Cc2nc(C(F)(F)F)cs2)CC1=O. The molecule has 0 N–H and O–H groups in total. The predicted molar refractivity (Wildman–Crippen MR) is 69.3 cm³/mol. The van der Waals surface area contributed by atoms with Crippen LogP contribution >= 0.6 is 11.3 Å². The molecule has 1 aromatic heterocycles. The zero-order valence-corrected chi connectivity index (χ0v) is 12.3. The minimum atomic E-state index is -4.47. The second-order valence-corrected chi connectivity index (χ2v) is 5.94. The summed E-state index contributed by atoms with van der Waals surface area (Å²) < 4.78 is 37.3. The lowest BCUT2D eigenvalue weighted by Gasteiger charge is -2.19. The summed E-state index contributed by atoms with van der Waals surface area (Å²) in [6.07, 6.45) is -4.33. The number of carbonyl (C=O) groups is 2. The zero-order valence-electron chi connectivity index (χ0n) is 11.5. The zero-order chi connectivity index (χ0) is 15.8. The molecule has 1 aliphatic rings. The Hall–Kier alpha value is -1.64. The van der Waals surface area contributed by atoms with E-state index in [9.17, 15) is 22.8 Å².